The molecule has 0 saturated carbocycles. The minimum atomic E-state index is 0. The van der Waals surface area contributed by atoms with Gasteiger partial charge in [-0.05, 0) is 38.1 Å². The Bertz CT molecular complexity index is 773. The third-order valence-corrected chi connectivity index (χ3v) is 11.9. The Morgan fingerprint density at radius 1 is 0.782 bits per heavy atom. The molecule has 0 aliphatic carbocycles. The molecular weight excluding hydrogens is 725 g/mol. The third kappa shape index (κ3) is 39.1. The summed E-state index contributed by atoms with van der Waals surface area (Å²) in [5.41, 5.74) is 0.746. The number of likely N-dealkylation sites (tertiary alicyclic amines) is 1. The molecule has 1 rings (SSSR count). The first-order valence-corrected chi connectivity index (χ1v) is 22.4. The van der Waals surface area contributed by atoms with Crippen LogP contribution in [0.25, 0.3) is 0 Å². The van der Waals surface area contributed by atoms with Gasteiger partial charge < -0.3 is 15.2 Å². The van der Waals surface area contributed by atoms with E-state index in [1.165, 1.54) is 142 Å². The Kier molecular flexibility index (Phi) is 48.9. The molecule has 1 heterocycles. The topological polar surface area (TPSA) is 97.0 Å². The number of unbranched alkanes of at least 4 members (excludes halogenated alkanes) is 14. The van der Waals surface area contributed by atoms with Crippen molar-refractivity contribution in [2.75, 3.05) is 47.4 Å². The summed E-state index contributed by atoms with van der Waals surface area (Å²) in [7, 11) is 6.32. The van der Waals surface area contributed by atoms with Crippen LogP contribution in [0.2, 0.25) is 0 Å². The second kappa shape index (κ2) is 42.0. The Morgan fingerprint density at radius 3 is 1.75 bits per heavy atom. The molecule has 0 unspecified atom stereocenters. The van der Waals surface area contributed by atoms with Gasteiger partial charge in [0.1, 0.15) is 6.79 Å². The number of carbonyl (C=O) groups is 1. The quantitative estimate of drug-likeness (QED) is 0.0410. The molecule has 55 heavy (non-hydrogen) atoms. The summed E-state index contributed by atoms with van der Waals surface area (Å²) in [6.45, 7) is 22.4. The summed E-state index contributed by atoms with van der Waals surface area (Å²) in [5.74, 6) is 0. The van der Waals surface area contributed by atoms with E-state index in [0.717, 1.165) is 31.8 Å². The molecule has 0 bridgehead atoms. The van der Waals surface area contributed by atoms with Crippen LogP contribution in [0.5, 0.6) is 0 Å². The van der Waals surface area contributed by atoms with Crippen molar-refractivity contribution in [3.8, 4) is 0 Å². The van der Waals surface area contributed by atoms with Crippen LogP contribution in [0.15, 0.2) is 0 Å². The van der Waals surface area contributed by atoms with Crippen LogP contribution >= 0.6 is 0 Å². The largest absolute Gasteiger partial charge is 0.412 e. The van der Waals surface area contributed by atoms with Crippen molar-refractivity contribution in [2.45, 2.75) is 229 Å². The smallest absolute Gasteiger partial charge is 0.412 e. The maximum Gasteiger partial charge on any atom is -0.412 e. The van der Waals surface area contributed by atoms with Crippen molar-refractivity contribution in [2.24, 2.45) is 10.8 Å². The third-order valence-electron chi connectivity index (χ3n) is 10.8. The molecule has 1 saturated heterocycles. The van der Waals surface area contributed by atoms with Crippen LogP contribution in [0.1, 0.15) is 211 Å². The van der Waals surface area contributed by atoms with Gasteiger partial charge in [0, 0.05) is 12.6 Å². The van der Waals surface area contributed by atoms with E-state index in [1.807, 2.05) is 25.9 Å². The van der Waals surface area contributed by atoms with Crippen LogP contribution in [-0.4, -0.2) is 103 Å². The molecule has 2 atom stereocenters. The van der Waals surface area contributed by atoms with E-state index in [-0.39, 0.29) is 20.3 Å². The maximum atomic E-state index is 8.43. The van der Waals surface area contributed by atoms with Crippen LogP contribution in [0.3, 0.4) is 0 Å². The van der Waals surface area contributed by atoms with E-state index in [0.29, 0.717) is 29.6 Å². The van der Waals surface area contributed by atoms with Crippen LogP contribution in [0, 0.1) is 10.8 Å². The summed E-state index contributed by atoms with van der Waals surface area (Å²) in [6, 6.07) is 1.42. The Labute approximate surface area is 354 Å². The number of nitrogens with zero attached hydrogens (tertiary/aromatic N) is 3. The predicted molar refractivity (Wildman–Crippen MR) is 240 cm³/mol. The molecule has 0 radical (unpaired) electrons. The van der Waals surface area contributed by atoms with E-state index < -0.39 is 0 Å². The van der Waals surface area contributed by atoms with Crippen molar-refractivity contribution < 1.29 is 42.2 Å². The van der Waals surface area contributed by atoms with E-state index >= 15 is 0 Å². The molecule has 1 aliphatic rings. The number of rotatable bonds is 32. The van der Waals surface area contributed by atoms with Gasteiger partial charge in [0.25, 0.3) is 0 Å². The number of hydroxylamine groups is 2. The molecular formula is C46H101N3O5V. The number of hydrogen-bond acceptors (Lipinski definition) is 7. The second-order valence-electron chi connectivity index (χ2n) is 17.5. The van der Waals surface area contributed by atoms with E-state index in [9.17, 15) is 0 Å². The minimum absolute atomic E-state index is 0. The molecule has 0 aromatic carbocycles. The standard InChI is InChI=1S/C28H59NO2.C15H30N2O.CH2O.2CH4.H2O.V/c1-6-8-10-12-14-18-22-27(23-19-15-13-11-9-7-2)29(5)26-28(3,4)24-20-16-17-21-25-31-30;1-13-11-14(18-16(5)6)12-17(13)10-8-7-9-15(2,3)4;1-2;;;;/h27,30H,6-26H2,1-5H3;2,13-14H,7-12H2,1,3-6H3;1H2;2*1H4;1H2;/t;13-,14+;;;;;/m.1...../s1. The van der Waals surface area contributed by atoms with Crippen LogP contribution < -0.4 is 0 Å². The second-order valence-corrected chi connectivity index (χ2v) is 17.9. The molecule has 0 aromatic heterocycles. The zero-order valence-corrected chi connectivity index (χ0v) is 38.5. The molecule has 0 spiro atoms. The zero-order chi connectivity index (χ0) is 39.7. The minimum Gasteiger partial charge on any atom is -0.412 e. The fourth-order valence-corrected chi connectivity index (χ4v) is 7.81. The summed E-state index contributed by atoms with van der Waals surface area (Å²) >= 11 is 2.61. The Balaban J connectivity index is -0.000000299. The predicted octanol–water partition coefficient (Wildman–Crippen LogP) is 12.0. The van der Waals surface area contributed by atoms with Gasteiger partial charge >= 0.3 is 128 Å². The summed E-state index contributed by atoms with van der Waals surface area (Å²) in [5, 5.41) is 10.3. The fourth-order valence-electron chi connectivity index (χ4n) is 7.60. The fraction of sp³-hybridized carbons (Fsp3) is 0.957. The van der Waals surface area contributed by atoms with Gasteiger partial charge in [-0.15, -0.1) is 0 Å². The van der Waals surface area contributed by atoms with Gasteiger partial charge in [0.15, 0.2) is 0 Å². The average molecular weight is 827 g/mol. The summed E-state index contributed by atoms with van der Waals surface area (Å²) in [4.78, 5) is 23.2. The van der Waals surface area contributed by atoms with Gasteiger partial charge in [0.05, 0.1) is 6.61 Å². The van der Waals surface area contributed by atoms with Gasteiger partial charge in [0.2, 0.25) is 0 Å². The van der Waals surface area contributed by atoms with Crippen LogP contribution in [-0.2, 0) is 31.5 Å². The molecule has 1 fully saturated rings. The molecule has 335 valence electrons. The SMILES string of the molecule is C.C.C=O.CCCCCCCCC(CCCCCCCC)N(C)CC(C)(C)CCCCCCOO.C[C@@H]1C[C@H](ON(C)C)CN1CCCCC(C)(C)[CH]=[V].O. The zero-order valence-electron chi connectivity index (χ0n) is 37.1. The number of hydrogen-bond donors (Lipinski definition) is 1. The van der Waals surface area contributed by atoms with Crippen molar-refractivity contribution in [1.82, 2.24) is 14.9 Å². The Hall–Kier alpha value is -0.156. The van der Waals surface area contributed by atoms with Gasteiger partial charge in [-0.1, -0.05) is 139 Å². The monoisotopic (exact) mass is 827 g/mol. The Morgan fingerprint density at radius 2 is 1.25 bits per heavy atom. The van der Waals surface area contributed by atoms with Gasteiger partial charge in [-0.3, -0.25) is 5.26 Å². The molecule has 1 aliphatic heterocycles. The first-order chi connectivity index (χ1) is 24.8. The average Bonchev–Trinajstić information content (AvgIpc) is 3.45. The maximum absolute atomic E-state index is 8.43. The van der Waals surface area contributed by atoms with Gasteiger partial charge in [-0.2, -0.15) is 0 Å². The van der Waals surface area contributed by atoms with Crippen molar-refractivity contribution in [3.63, 3.8) is 0 Å². The normalized spacial score (nSPS) is 15.7. The molecule has 0 amide bonds. The van der Waals surface area contributed by atoms with Crippen molar-refractivity contribution >= 4 is 11.5 Å². The van der Waals surface area contributed by atoms with E-state index in [4.69, 9.17) is 14.9 Å². The summed E-state index contributed by atoms with van der Waals surface area (Å²) in [6.07, 6.45) is 31.0. The first-order valence-electron chi connectivity index (χ1n) is 21.6. The molecule has 0 aromatic rings. The van der Waals surface area contributed by atoms with Crippen molar-refractivity contribution in [1.29, 1.82) is 0 Å². The van der Waals surface area contributed by atoms with Gasteiger partial charge in [-0.25, -0.2) is 4.89 Å². The van der Waals surface area contributed by atoms with E-state index in [2.05, 4.69) is 91.9 Å². The summed E-state index contributed by atoms with van der Waals surface area (Å²) < 4.78 is 2.26. The van der Waals surface area contributed by atoms with E-state index in [1.54, 1.807) is 0 Å². The molecule has 3 N–H and O–H groups in total. The van der Waals surface area contributed by atoms with Crippen LogP contribution in [0.4, 0.5) is 0 Å². The first kappa shape index (κ1) is 64.0. The van der Waals surface area contributed by atoms with Crippen molar-refractivity contribution in [3.05, 3.63) is 0 Å². The molecule has 9 heteroatoms. The number of carbonyl (C=O) groups excluding carboxylic acids is 1. The molecule has 8 nitrogen and oxygen atoms in total.